The molecule has 1 aliphatic rings. The fraction of sp³-hybridized carbons (Fsp3) is 0.591. The molecule has 0 aliphatic heterocycles. The highest BCUT2D eigenvalue weighted by Crippen LogP contribution is 2.35. The Balaban J connectivity index is 1.73. The number of carbonyl (C=O) groups is 3. The molecule has 3 atom stereocenters. The van der Waals surface area contributed by atoms with Crippen molar-refractivity contribution in [1.82, 2.24) is 0 Å². The van der Waals surface area contributed by atoms with Gasteiger partial charge in [0.05, 0.1) is 6.42 Å². The molecule has 6 heteroatoms. The van der Waals surface area contributed by atoms with Gasteiger partial charge in [-0.25, -0.2) is 9.18 Å². The van der Waals surface area contributed by atoms with Crippen molar-refractivity contribution in [2.45, 2.75) is 59.0 Å². The van der Waals surface area contributed by atoms with E-state index in [2.05, 4.69) is 20.8 Å². The van der Waals surface area contributed by atoms with Crippen LogP contribution in [0.25, 0.3) is 0 Å². The molecule has 0 spiro atoms. The zero-order valence-electron chi connectivity index (χ0n) is 16.8. The number of halogens is 1. The number of Topliss-reactive ketones (excluding diaryl/α,β-unsaturated/α-hetero) is 1. The maximum atomic E-state index is 12.9. The largest absolute Gasteiger partial charge is 0.460 e. The van der Waals surface area contributed by atoms with Crippen LogP contribution < -0.4 is 0 Å². The van der Waals surface area contributed by atoms with E-state index in [9.17, 15) is 18.8 Å². The lowest BCUT2D eigenvalue weighted by Gasteiger charge is -2.36. The molecule has 5 nitrogen and oxygen atoms in total. The fourth-order valence-corrected chi connectivity index (χ4v) is 3.66. The van der Waals surface area contributed by atoms with Crippen molar-refractivity contribution in [3.05, 3.63) is 35.6 Å². The van der Waals surface area contributed by atoms with Crippen molar-refractivity contribution in [3.63, 3.8) is 0 Å². The summed E-state index contributed by atoms with van der Waals surface area (Å²) < 4.78 is 23.4. The Bertz CT molecular complexity index is 683. The van der Waals surface area contributed by atoms with Crippen LogP contribution in [-0.2, 0) is 19.1 Å². The molecule has 1 aromatic carbocycles. The zero-order valence-corrected chi connectivity index (χ0v) is 16.8. The highest BCUT2D eigenvalue weighted by Gasteiger charge is 2.33. The number of hydrogen-bond acceptors (Lipinski definition) is 5. The molecule has 0 radical (unpaired) electrons. The van der Waals surface area contributed by atoms with Gasteiger partial charge in [-0.3, -0.25) is 9.59 Å². The average Bonchev–Trinajstić information content (AvgIpc) is 2.64. The first kappa shape index (κ1) is 22.1. The summed E-state index contributed by atoms with van der Waals surface area (Å²) in [5.41, 5.74) is 0.333. The first-order valence-corrected chi connectivity index (χ1v) is 9.90. The average molecular weight is 392 g/mol. The number of carbonyl (C=O) groups excluding carboxylic acids is 3. The highest BCUT2D eigenvalue weighted by molar-refractivity contribution is 5.97. The van der Waals surface area contributed by atoms with E-state index in [1.54, 1.807) is 0 Å². The summed E-state index contributed by atoms with van der Waals surface area (Å²) in [6.45, 7) is 5.95. The summed E-state index contributed by atoms with van der Waals surface area (Å²) in [5.74, 6) is -0.646. The molecule has 1 aliphatic carbocycles. The maximum Gasteiger partial charge on any atom is 0.344 e. The molecular formula is C22H29FO5. The molecule has 0 aromatic heterocycles. The summed E-state index contributed by atoms with van der Waals surface area (Å²) in [6.07, 6.45) is 2.65. The van der Waals surface area contributed by atoms with Crippen LogP contribution in [0.2, 0.25) is 0 Å². The topological polar surface area (TPSA) is 69.7 Å². The predicted molar refractivity (Wildman–Crippen MR) is 102 cm³/mol. The van der Waals surface area contributed by atoms with Crippen LogP contribution in [0.15, 0.2) is 24.3 Å². The lowest BCUT2D eigenvalue weighted by molar-refractivity contribution is -0.167. The standard InChI is InChI=1S/C22H29FO5/c1-14(2)18-9-4-15(3)12-20(18)28-22(26)13-27-21(25)11-10-19(24)16-5-7-17(23)8-6-16/h5-8,14-15,18,20H,4,9-13H2,1-3H3/t15-,18-,20+/m1/s1. The van der Waals surface area contributed by atoms with E-state index in [1.165, 1.54) is 24.3 Å². The Morgan fingerprint density at radius 3 is 2.39 bits per heavy atom. The van der Waals surface area contributed by atoms with Gasteiger partial charge in [0.1, 0.15) is 11.9 Å². The molecule has 0 unspecified atom stereocenters. The lowest BCUT2D eigenvalue weighted by Crippen LogP contribution is -2.36. The molecule has 0 amide bonds. The number of ketones is 1. The Hall–Kier alpha value is -2.24. The molecule has 0 heterocycles. The van der Waals surface area contributed by atoms with Crippen molar-refractivity contribution in [2.24, 2.45) is 17.8 Å². The van der Waals surface area contributed by atoms with Crippen molar-refractivity contribution < 1.29 is 28.2 Å². The summed E-state index contributed by atoms with van der Waals surface area (Å²) in [4.78, 5) is 35.9. The number of ether oxygens (including phenoxy) is 2. The Kier molecular flexibility index (Phi) is 8.15. The minimum Gasteiger partial charge on any atom is -0.460 e. The van der Waals surface area contributed by atoms with E-state index in [0.717, 1.165) is 19.3 Å². The van der Waals surface area contributed by atoms with Crippen LogP contribution in [0.4, 0.5) is 4.39 Å². The Morgan fingerprint density at radius 2 is 1.75 bits per heavy atom. The zero-order chi connectivity index (χ0) is 20.7. The van der Waals surface area contributed by atoms with Crippen LogP contribution >= 0.6 is 0 Å². The predicted octanol–water partition coefficient (Wildman–Crippen LogP) is 4.34. The van der Waals surface area contributed by atoms with Gasteiger partial charge in [0, 0.05) is 12.0 Å². The van der Waals surface area contributed by atoms with Crippen molar-refractivity contribution >= 4 is 17.7 Å². The smallest absolute Gasteiger partial charge is 0.344 e. The quantitative estimate of drug-likeness (QED) is 0.486. The van der Waals surface area contributed by atoms with Gasteiger partial charge in [0.25, 0.3) is 0 Å². The van der Waals surface area contributed by atoms with Gasteiger partial charge >= 0.3 is 11.9 Å². The van der Waals surface area contributed by atoms with Crippen LogP contribution in [0.1, 0.15) is 63.2 Å². The maximum absolute atomic E-state index is 12.9. The van der Waals surface area contributed by atoms with Crippen LogP contribution in [-0.4, -0.2) is 30.4 Å². The first-order chi connectivity index (χ1) is 13.3. The second-order valence-corrected chi connectivity index (χ2v) is 7.95. The Morgan fingerprint density at radius 1 is 1.07 bits per heavy atom. The molecule has 1 saturated carbocycles. The minimum absolute atomic E-state index is 0.0604. The summed E-state index contributed by atoms with van der Waals surface area (Å²) >= 11 is 0. The van der Waals surface area contributed by atoms with E-state index in [-0.39, 0.29) is 24.7 Å². The molecule has 154 valence electrons. The third-order valence-electron chi connectivity index (χ3n) is 5.32. The number of esters is 2. The lowest BCUT2D eigenvalue weighted by atomic mass is 9.75. The van der Waals surface area contributed by atoms with Gasteiger partial charge in [-0.2, -0.15) is 0 Å². The van der Waals surface area contributed by atoms with Gasteiger partial charge in [0.15, 0.2) is 12.4 Å². The van der Waals surface area contributed by atoms with Crippen molar-refractivity contribution in [3.8, 4) is 0 Å². The van der Waals surface area contributed by atoms with Gasteiger partial charge < -0.3 is 9.47 Å². The number of rotatable bonds is 8. The van der Waals surface area contributed by atoms with Gasteiger partial charge in [-0.05, 0) is 54.9 Å². The fourth-order valence-electron chi connectivity index (χ4n) is 3.66. The van der Waals surface area contributed by atoms with Gasteiger partial charge in [0.2, 0.25) is 0 Å². The SMILES string of the molecule is CC(C)[C@H]1CC[C@@H](C)C[C@@H]1OC(=O)COC(=O)CCC(=O)c1ccc(F)cc1. The molecule has 0 saturated heterocycles. The molecule has 1 aromatic rings. The number of benzene rings is 1. The van der Waals surface area contributed by atoms with Crippen LogP contribution in [0.5, 0.6) is 0 Å². The molecule has 28 heavy (non-hydrogen) atoms. The third-order valence-corrected chi connectivity index (χ3v) is 5.32. The summed E-state index contributed by atoms with van der Waals surface area (Å²) in [7, 11) is 0. The molecule has 0 N–H and O–H groups in total. The number of hydrogen-bond donors (Lipinski definition) is 0. The van der Waals surface area contributed by atoms with E-state index >= 15 is 0 Å². The second-order valence-electron chi connectivity index (χ2n) is 7.95. The van der Waals surface area contributed by atoms with E-state index in [4.69, 9.17) is 9.47 Å². The molecular weight excluding hydrogens is 363 g/mol. The van der Waals surface area contributed by atoms with Gasteiger partial charge in [-0.15, -0.1) is 0 Å². The summed E-state index contributed by atoms with van der Waals surface area (Å²) in [6, 6.07) is 5.13. The van der Waals surface area contributed by atoms with E-state index < -0.39 is 24.4 Å². The normalized spacial score (nSPS) is 22.0. The summed E-state index contributed by atoms with van der Waals surface area (Å²) in [5, 5.41) is 0. The molecule has 2 rings (SSSR count). The van der Waals surface area contributed by atoms with Gasteiger partial charge in [-0.1, -0.05) is 27.2 Å². The monoisotopic (exact) mass is 392 g/mol. The van der Waals surface area contributed by atoms with Crippen molar-refractivity contribution in [1.29, 1.82) is 0 Å². The first-order valence-electron chi connectivity index (χ1n) is 9.90. The molecule has 1 fully saturated rings. The van der Waals surface area contributed by atoms with Crippen LogP contribution in [0, 0.1) is 23.6 Å². The highest BCUT2D eigenvalue weighted by atomic mass is 19.1. The third kappa shape index (κ3) is 6.73. The van der Waals surface area contributed by atoms with E-state index in [1.807, 2.05) is 0 Å². The van der Waals surface area contributed by atoms with E-state index in [0.29, 0.717) is 23.3 Å². The minimum atomic E-state index is -0.634. The Labute approximate surface area is 165 Å². The van der Waals surface area contributed by atoms with Crippen molar-refractivity contribution in [2.75, 3.05) is 6.61 Å². The molecule has 0 bridgehead atoms. The second kappa shape index (κ2) is 10.3. The van der Waals surface area contributed by atoms with Crippen LogP contribution in [0.3, 0.4) is 0 Å².